The van der Waals surface area contributed by atoms with Gasteiger partial charge in [0.25, 0.3) is 5.91 Å². The number of aromatic nitrogens is 1. The lowest BCUT2D eigenvalue weighted by atomic mass is 9.79. The molecule has 3 N–H and O–H groups in total. The van der Waals surface area contributed by atoms with E-state index in [1.165, 1.54) is 0 Å². The molecule has 3 aliphatic rings. The van der Waals surface area contributed by atoms with E-state index in [0.29, 0.717) is 24.2 Å². The molecule has 0 fully saturated rings. The van der Waals surface area contributed by atoms with Crippen LogP contribution >= 0.6 is 0 Å². The largest absolute Gasteiger partial charge is 0.351 e. The predicted octanol–water partition coefficient (Wildman–Crippen LogP) is 2.54. The summed E-state index contributed by atoms with van der Waals surface area (Å²) in [5.74, 6) is -0.164. The lowest BCUT2D eigenvalue weighted by Gasteiger charge is -2.20. The molecule has 1 spiro atoms. The number of carbonyl (C=O) groups excluding carboxylic acids is 3. The summed E-state index contributed by atoms with van der Waals surface area (Å²) in [6.07, 6.45) is 2.80. The molecule has 32 heavy (non-hydrogen) atoms. The van der Waals surface area contributed by atoms with Crippen LogP contribution in [0.1, 0.15) is 38.5 Å². The molecule has 7 nitrogen and oxygen atoms in total. The van der Waals surface area contributed by atoms with Gasteiger partial charge in [-0.2, -0.15) is 0 Å². The first-order valence-electron chi connectivity index (χ1n) is 10.6. The van der Waals surface area contributed by atoms with Crippen LogP contribution in [-0.4, -0.2) is 29.3 Å². The molecule has 3 aromatic rings. The van der Waals surface area contributed by atoms with Crippen molar-refractivity contribution in [3.05, 3.63) is 88.6 Å². The molecular weight excluding hydrogens is 404 g/mol. The summed E-state index contributed by atoms with van der Waals surface area (Å²) in [7, 11) is 0. The third-order valence-electron chi connectivity index (χ3n) is 6.82. The van der Waals surface area contributed by atoms with Crippen molar-refractivity contribution in [2.45, 2.75) is 24.2 Å². The molecule has 0 radical (unpaired) electrons. The zero-order valence-electron chi connectivity index (χ0n) is 17.1. The van der Waals surface area contributed by atoms with Crippen molar-refractivity contribution in [3.8, 4) is 0 Å². The Kier molecular flexibility index (Phi) is 3.95. The number of benzene rings is 2. The number of hydrogen-bond acceptors (Lipinski definition) is 4. The van der Waals surface area contributed by atoms with Gasteiger partial charge in [0.05, 0.1) is 11.3 Å². The standard InChI is InChI=1S/C25H20N4O3/c30-22(27-13-18-17-4-1-2-6-20(17)28-23(18)31)14-7-8-15-11-25(12-16(15)10-14)19-5-3-9-26-21(19)29-24(25)32/h1-10,18H,11-13H2,(H,27,30)(H,28,31)(H,26,29,32). The van der Waals surface area contributed by atoms with E-state index in [9.17, 15) is 14.4 Å². The Hall–Kier alpha value is -4.00. The molecule has 0 saturated carbocycles. The van der Waals surface area contributed by atoms with Gasteiger partial charge < -0.3 is 16.0 Å². The molecule has 3 amide bonds. The van der Waals surface area contributed by atoms with Crippen LogP contribution in [0.5, 0.6) is 0 Å². The minimum absolute atomic E-state index is 0.0423. The topological polar surface area (TPSA) is 100 Å². The molecule has 2 aromatic carbocycles. The van der Waals surface area contributed by atoms with Crippen LogP contribution in [0.2, 0.25) is 0 Å². The second-order valence-corrected chi connectivity index (χ2v) is 8.61. The van der Waals surface area contributed by atoms with Crippen LogP contribution in [0.25, 0.3) is 0 Å². The summed E-state index contributed by atoms with van der Waals surface area (Å²) in [6, 6.07) is 16.9. The first kappa shape index (κ1) is 18.7. The summed E-state index contributed by atoms with van der Waals surface area (Å²) in [5.41, 5.74) is 4.53. The van der Waals surface area contributed by atoms with Crippen LogP contribution in [0, 0.1) is 0 Å². The number of anilines is 2. The van der Waals surface area contributed by atoms with E-state index in [1.54, 1.807) is 12.3 Å². The van der Waals surface area contributed by atoms with E-state index in [-0.39, 0.29) is 24.3 Å². The van der Waals surface area contributed by atoms with Gasteiger partial charge in [0.1, 0.15) is 5.82 Å². The number of nitrogens with zero attached hydrogens (tertiary/aromatic N) is 1. The molecule has 7 heteroatoms. The molecule has 2 unspecified atom stereocenters. The normalized spacial score (nSPS) is 22.2. The van der Waals surface area contributed by atoms with Crippen molar-refractivity contribution in [1.82, 2.24) is 10.3 Å². The van der Waals surface area contributed by atoms with Crippen LogP contribution < -0.4 is 16.0 Å². The summed E-state index contributed by atoms with van der Waals surface area (Å²) < 4.78 is 0. The van der Waals surface area contributed by atoms with E-state index in [1.807, 2.05) is 48.5 Å². The minimum atomic E-state index is -0.660. The Morgan fingerprint density at radius 1 is 1.03 bits per heavy atom. The summed E-state index contributed by atoms with van der Waals surface area (Å²) in [6.45, 7) is 0.226. The number of pyridine rings is 1. The predicted molar refractivity (Wildman–Crippen MR) is 119 cm³/mol. The second-order valence-electron chi connectivity index (χ2n) is 8.61. The number of fused-ring (bicyclic) bond motifs is 4. The Bertz CT molecular complexity index is 1320. The van der Waals surface area contributed by atoms with Crippen molar-refractivity contribution in [2.75, 3.05) is 17.2 Å². The Morgan fingerprint density at radius 3 is 2.78 bits per heavy atom. The van der Waals surface area contributed by atoms with Crippen LogP contribution in [0.4, 0.5) is 11.5 Å². The highest BCUT2D eigenvalue weighted by Crippen LogP contribution is 2.46. The third-order valence-corrected chi connectivity index (χ3v) is 6.82. The van der Waals surface area contributed by atoms with E-state index in [4.69, 9.17) is 0 Å². The average Bonchev–Trinajstić information content (AvgIpc) is 3.43. The van der Waals surface area contributed by atoms with Gasteiger partial charge in [0.2, 0.25) is 11.8 Å². The number of hydrogen-bond donors (Lipinski definition) is 3. The fourth-order valence-electron chi connectivity index (χ4n) is 5.18. The maximum absolute atomic E-state index is 12.9. The molecule has 1 aromatic heterocycles. The van der Waals surface area contributed by atoms with Gasteiger partial charge in [-0.1, -0.05) is 30.3 Å². The van der Waals surface area contributed by atoms with E-state index in [2.05, 4.69) is 20.9 Å². The molecular formula is C25H20N4O3. The molecule has 2 atom stereocenters. The Morgan fingerprint density at radius 2 is 1.88 bits per heavy atom. The second kappa shape index (κ2) is 6.75. The smallest absolute Gasteiger partial charge is 0.251 e. The van der Waals surface area contributed by atoms with Crippen LogP contribution in [-0.2, 0) is 27.8 Å². The molecule has 0 saturated heterocycles. The summed E-state index contributed by atoms with van der Waals surface area (Å²) in [4.78, 5) is 42.3. The maximum Gasteiger partial charge on any atom is 0.251 e. The quantitative estimate of drug-likeness (QED) is 0.602. The van der Waals surface area contributed by atoms with Gasteiger partial charge in [-0.3, -0.25) is 14.4 Å². The van der Waals surface area contributed by atoms with Crippen LogP contribution in [0.3, 0.4) is 0 Å². The molecule has 2 aliphatic heterocycles. The van der Waals surface area contributed by atoms with E-state index < -0.39 is 11.3 Å². The van der Waals surface area contributed by atoms with E-state index >= 15 is 0 Å². The molecule has 3 heterocycles. The highest BCUT2D eigenvalue weighted by Gasteiger charge is 2.51. The minimum Gasteiger partial charge on any atom is -0.351 e. The maximum atomic E-state index is 12.9. The Balaban J connectivity index is 1.21. The lowest BCUT2D eigenvalue weighted by molar-refractivity contribution is -0.120. The zero-order valence-corrected chi connectivity index (χ0v) is 17.1. The van der Waals surface area contributed by atoms with Gasteiger partial charge in [-0.15, -0.1) is 0 Å². The lowest BCUT2D eigenvalue weighted by Crippen LogP contribution is -2.35. The number of para-hydroxylation sites is 1. The van der Waals surface area contributed by atoms with Crippen molar-refractivity contribution >= 4 is 29.2 Å². The molecule has 6 rings (SSSR count). The number of carbonyl (C=O) groups is 3. The van der Waals surface area contributed by atoms with Gasteiger partial charge >= 0.3 is 0 Å². The molecule has 0 bridgehead atoms. The highest BCUT2D eigenvalue weighted by molar-refractivity contribution is 6.06. The number of rotatable bonds is 3. The van der Waals surface area contributed by atoms with Gasteiger partial charge in [0.15, 0.2) is 0 Å². The van der Waals surface area contributed by atoms with Crippen LogP contribution in [0.15, 0.2) is 60.8 Å². The highest BCUT2D eigenvalue weighted by atomic mass is 16.2. The fourth-order valence-corrected chi connectivity index (χ4v) is 5.18. The SMILES string of the molecule is O=C(NCC1C(=O)Nc2ccccc21)c1ccc2c(c1)CC1(C2)C(=O)Nc2ncccc21. The molecule has 158 valence electrons. The monoisotopic (exact) mass is 424 g/mol. The Labute approximate surface area is 184 Å². The summed E-state index contributed by atoms with van der Waals surface area (Å²) in [5, 5.41) is 8.65. The third kappa shape index (κ3) is 2.67. The molecule has 1 aliphatic carbocycles. The van der Waals surface area contributed by atoms with E-state index in [0.717, 1.165) is 27.9 Å². The van der Waals surface area contributed by atoms with Crippen molar-refractivity contribution in [3.63, 3.8) is 0 Å². The summed E-state index contributed by atoms with van der Waals surface area (Å²) >= 11 is 0. The van der Waals surface area contributed by atoms with Crippen molar-refractivity contribution in [1.29, 1.82) is 0 Å². The zero-order chi connectivity index (χ0) is 21.9. The number of nitrogens with one attached hydrogen (secondary N) is 3. The van der Waals surface area contributed by atoms with Gasteiger partial charge in [-0.05, 0) is 53.8 Å². The van der Waals surface area contributed by atoms with Gasteiger partial charge in [0, 0.05) is 29.6 Å². The average molecular weight is 424 g/mol. The van der Waals surface area contributed by atoms with Gasteiger partial charge in [-0.25, -0.2) is 4.98 Å². The first-order chi connectivity index (χ1) is 15.5. The first-order valence-corrected chi connectivity index (χ1v) is 10.6. The van der Waals surface area contributed by atoms with Crippen molar-refractivity contribution in [2.24, 2.45) is 0 Å². The fraction of sp³-hybridized carbons (Fsp3) is 0.200. The number of amides is 3. The van der Waals surface area contributed by atoms with Crippen molar-refractivity contribution < 1.29 is 14.4 Å².